The Labute approximate surface area is 203 Å². The fourth-order valence-corrected chi connectivity index (χ4v) is 4.74. The quantitative estimate of drug-likeness (QED) is 0.451. The number of hydrogen-bond acceptors (Lipinski definition) is 2. The number of nitrogens with zero attached hydrogens (tertiary/aromatic N) is 1. The van der Waals surface area contributed by atoms with Gasteiger partial charge in [-0.2, -0.15) is 0 Å². The maximum absolute atomic E-state index is 13.6. The van der Waals surface area contributed by atoms with E-state index in [0.717, 1.165) is 42.4 Å². The highest BCUT2D eigenvalue weighted by molar-refractivity contribution is 5.88. The fourth-order valence-electron chi connectivity index (χ4n) is 4.74. The van der Waals surface area contributed by atoms with E-state index >= 15 is 0 Å². The molecule has 1 aliphatic rings. The first-order valence-electron chi connectivity index (χ1n) is 12.4. The van der Waals surface area contributed by atoms with Crippen LogP contribution in [-0.4, -0.2) is 28.8 Å². The van der Waals surface area contributed by atoms with Gasteiger partial charge in [-0.15, -0.1) is 0 Å². The molecule has 2 amide bonds. The molecular formula is C30H34N2O2. The van der Waals surface area contributed by atoms with Crippen LogP contribution in [0.25, 0.3) is 0 Å². The molecule has 1 fully saturated rings. The molecule has 1 N–H and O–H groups in total. The lowest BCUT2D eigenvalue weighted by atomic mass is 10.0. The molecule has 4 heteroatoms. The third-order valence-corrected chi connectivity index (χ3v) is 6.64. The summed E-state index contributed by atoms with van der Waals surface area (Å²) in [5.74, 6) is -0.0324. The first-order valence-corrected chi connectivity index (χ1v) is 12.4. The van der Waals surface area contributed by atoms with Crippen LogP contribution in [0.1, 0.15) is 48.8 Å². The van der Waals surface area contributed by atoms with Crippen LogP contribution >= 0.6 is 0 Å². The molecule has 1 atom stereocenters. The summed E-state index contributed by atoms with van der Waals surface area (Å²) >= 11 is 0. The summed E-state index contributed by atoms with van der Waals surface area (Å²) < 4.78 is 0. The minimum absolute atomic E-state index is 0.00945. The average molecular weight is 455 g/mol. The second kappa shape index (κ2) is 12.2. The van der Waals surface area contributed by atoms with E-state index in [1.165, 1.54) is 0 Å². The molecule has 0 aliphatic heterocycles. The van der Waals surface area contributed by atoms with E-state index in [9.17, 15) is 9.59 Å². The van der Waals surface area contributed by atoms with Crippen molar-refractivity contribution in [3.63, 3.8) is 0 Å². The first-order chi connectivity index (χ1) is 16.7. The van der Waals surface area contributed by atoms with Gasteiger partial charge in [-0.3, -0.25) is 9.59 Å². The summed E-state index contributed by atoms with van der Waals surface area (Å²) in [7, 11) is 0. The first kappa shape index (κ1) is 23.7. The van der Waals surface area contributed by atoms with E-state index < -0.39 is 6.04 Å². The Morgan fingerprint density at radius 1 is 0.765 bits per heavy atom. The van der Waals surface area contributed by atoms with Crippen molar-refractivity contribution >= 4 is 11.8 Å². The van der Waals surface area contributed by atoms with Crippen molar-refractivity contribution in [1.29, 1.82) is 0 Å². The monoisotopic (exact) mass is 454 g/mol. The molecular weight excluding hydrogens is 420 g/mol. The van der Waals surface area contributed by atoms with Crippen molar-refractivity contribution in [3.05, 3.63) is 108 Å². The molecule has 1 aliphatic carbocycles. The van der Waals surface area contributed by atoms with Gasteiger partial charge in [0.25, 0.3) is 0 Å². The molecule has 0 saturated heterocycles. The zero-order chi connectivity index (χ0) is 23.6. The minimum Gasteiger partial charge on any atom is -0.352 e. The van der Waals surface area contributed by atoms with Gasteiger partial charge in [0.15, 0.2) is 0 Å². The smallest absolute Gasteiger partial charge is 0.243 e. The normalized spacial score (nSPS) is 14.5. The lowest BCUT2D eigenvalue weighted by Gasteiger charge is -2.32. The van der Waals surface area contributed by atoms with Gasteiger partial charge < -0.3 is 10.2 Å². The minimum atomic E-state index is -0.550. The van der Waals surface area contributed by atoms with Gasteiger partial charge in [0, 0.05) is 25.4 Å². The number of nitrogens with one attached hydrogen (secondary N) is 1. The summed E-state index contributed by atoms with van der Waals surface area (Å²) in [6.45, 7) is 0.421. The molecule has 4 rings (SSSR count). The Kier molecular flexibility index (Phi) is 8.50. The number of benzene rings is 3. The second-order valence-corrected chi connectivity index (χ2v) is 9.19. The molecule has 0 radical (unpaired) electrons. The van der Waals surface area contributed by atoms with Crippen molar-refractivity contribution < 1.29 is 9.59 Å². The Morgan fingerprint density at radius 2 is 1.29 bits per heavy atom. The summed E-state index contributed by atoms with van der Waals surface area (Å²) in [5, 5.41) is 3.26. The number of amides is 2. The van der Waals surface area contributed by atoms with Gasteiger partial charge >= 0.3 is 0 Å². The zero-order valence-electron chi connectivity index (χ0n) is 19.7. The zero-order valence-corrected chi connectivity index (χ0v) is 19.7. The molecule has 34 heavy (non-hydrogen) atoms. The summed E-state index contributed by atoms with van der Waals surface area (Å²) in [6.07, 6.45) is 5.88. The number of aryl methyl sites for hydroxylation is 1. The third-order valence-electron chi connectivity index (χ3n) is 6.64. The lowest BCUT2D eigenvalue weighted by Crippen LogP contribution is -2.52. The molecule has 0 bridgehead atoms. The maximum Gasteiger partial charge on any atom is 0.243 e. The van der Waals surface area contributed by atoms with E-state index in [-0.39, 0.29) is 17.9 Å². The standard InChI is InChI=1S/C30H34N2O2/c33-29(21-20-24-12-4-1-5-13-24)32(23-26-16-8-3-9-17-26)28(22-25-14-6-2-7-15-25)30(34)31-27-18-10-11-19-27/h1-9,12-17,27-28H,10-11,18-23H2,(H,31,34)/t28-/m1/s1. The molecule has 4 nitrogen and oxygen atoms in total. The van der Waals surface area contributed by atoms with E-state index in [2.05, 4.69) is 5.32 Å². The fraction of sp³-hybridized carbons (Fsp3) is 0.333. The van der Waals surface area contributed by atoms with Crippen LogP contribution in [0.5, 0.6) is 0 Å². The van der Waals surface area contributed by atoms with E-state index in [4.69, 9.17) is 0 Å². The molecule has 0 spiro atoms. The van der Waals surface area contributed by atoms with Gasteiger partial charge in [-0.05, 0) is 36.0 Å². The van der Waals surface area contributed by atoms with Gasteiger partial charge in [0.2, 0.25) is 11.8 Å². The highest BCUT2D eigenvalue weighted by atomic mass is 16.2. The van der Waals surface area contributed by atoms with Crippen molar-refractivity contribution in [1.82, 2.24) is 10.2 Å². The predicted molar refractivity (Wildman–Crippen MR) is 136 cm³/mol. The Balaban J connectivity index is 1.59. The number of hydrogen-bond donors (Lipinski definition) is 1. The van der Waals surface area contributed by atoms with Crippen LogP contribution in [0.3, 0.4) is 0 Å². The van der Waals surface area contributed by atoms with Crippen molar-refractivity contribution in [2.45, 2.75) is 63.6 Å². The molecule has 3 aromatic rings. The maximum atomic E-state index is 13.6. The predicted octanol–water partition coefficient (Wildman–Crippen LogP) is 5.32. The number of carbonyl (C=O) groups excluding carboxylic acids is 2. The topological polar surface area (TPSA) is 49.4 Å². The van der Waals surface area contributed by atoms with Crippen LogP contribution in [0.4, 0.5) is 0 Å². The van der Waals surface area contributed by atoms with Crippen LogP contribution in [0.15, 0.2) is 91.0 Å². The van der Waals surface area contributed by atoms with E-state index in [0.29, 0.717) is 25.8 Å². The van der Waals surface area contributed by atoms with Gasteiger partial charge in [0.1, 0.15) is 6.04 Å². The molecule has 0 aromatic heterocycles. The Morgan fingerprint density at radius 3 is 1.88 bits per heavy atom. The van der Waals surface area contributed by atoms with Crippen LogP contribution in [0.2, 0.25) is 0 Å². The SMILES string of the molecule is O=C(NC1CCCC1)[C@@H](Cc1ccccc1)N(Cc1ccccc1)C(=O)CCc1ccccc1. The molecule has 1 saturated carbocycles. The van der Waals surface area contributed by atoms with Crippen LogP contribution < -0.4 is 5.32 Å². The molecule has 0 heterocycles. The summed E-state index contributed by atoms with van der Waals surface area (Å²) in [5.41, 5.74) is 3.22. The lowest BCUT2D eigenvalue weighted by molar-refractivity contribution is -0.141. The van der Waals surface area contributed by atoms with Gasteiger partial charge in [0.05, 0.1) is 0 Å². The summed E-state index contributed by atoms with van der Waals surface area (Å²) in [6, 6.07) is 29.7. The van der Waals surface area contributed by atoms with Crippen molar-refractivity contribution in [2.24, 2.45) is 0 Å². The second-order valence-electron chi connectivity index (χ2n) is 9.19. The van der Waals surface area contributed by atoms with Gasteiger partial charge in [-0.1, -0.05) is 104 Å². The summed E-state index contributed by atoms with van der Waals surface area (Å²) in [4.78, 5) is 29.1. The van der Waals surface area contributed by atoms with Gasteiger partial charge in [-0.25, -0.2) is 0 Å². The Bertz CT molecular complexity index is 1030. The molecule has 176 valence electrons. The Hall–Kier alpha value is -3.40. The van der Waals surface area contributed by atoms with E-state index in [1.807, 2.05) is 91.0 Å². The highest BCUT2D eigenvalue weighted by Gasteiger charge is 2.31. The highest BCUT2D eigenvalue weighted by Crippen LogP contribution is 2.20. The van der Waals surface area contributed by atoms with Crippen LogP contribution in [0, 0.1) is 0 Å². The average Bonchev–Trinajstić information content (AvgIpc) is 3.39. The van der Waals surface area contributed by atoms with Crippen molar-refractivity contribution in [3.8, 4) is 0 Å². The van der Waals surface area contributed by atoms with E-state index in [1.54, 1.807) is 4.90 Å². The number of rotatable bonds is 10. The third kappa shape index (κ3) is 6.80. The van der Waals surface area contributed by atoms with Crippen molar-refractivity contribution in [2.75, 3.05) is 0 Å². The number of carbonyl (C=O) groups is 2. The van der Waals surface area contributed by atoms with Crippen LogP contribution in [-0.2, 0) is 29.0 Å². The molecule has 0 unspecified atom stereocenters. The largest absolute Gasteiger partial charge is 0.352 e. The molecule has 3 aromatic carbocycles.